The zero-order valence-corrected chi connectivity index (χ0v) is 12.9. The second-order valence-corrected chi connectivity index (χ2v) is 6.37. The molecule has 22 heavy (non-hydrogen) atoms. The number of hydrogen-bond donors (Lipinski definition) is 2. The lowest BCUT2D eigenvalue weighted by molar-refractivity contribution is 0.0992. The van der Waals surface area contributed by atoms with Crippen LogP contribution in [0.2, 0.25) is 0 Å². The van der Waals surface area contributed by atoms with Crippen molar-refractivity contribution in [2.45, 2.75) is 50.0 Å². The van der Waals surface area contributed by atoms with E-state index < -0.39 is 0 Å². The molecule has 118 valence electrons. The van der Waals surface area contributed by atoms with Crippen LogP contribution in [0.5, 0.6) is 5.75 Å². The van der Waals surface area contributed by atoms with E-state index in [1.54, 1.807) is 0 Å². The first kappa shape index (κ1) is 13.9. The van der Waals surface area contributed by atoms with Crippen molar-refractivity contribution in [3.63, 3.8) is 0 Å². The minimum absolute atomic E-state index is 0.173. The summed E-state index contributed by atoms with van der Waals surface area (Å²) in [6.45, 7) is 0.760. The molecule has 0 amide bonds. The third kappa shape index (κ3) is 2.65. The molecule has 1 aromatic rings. The predicted octanol–water partition coefficient (Wildman–Crippen LogP) is 1.47. The number of aliphatic imine (C=N–C) groups is 1. The Kier molecular flexibility index (Phi) is 3.66. The van der Waals surface area contributed by atoms with E-state index in [2.05, 4.69) is 27.8 Å². The first-order valence-electron chi connectivity index (χ1n) is 8.19. The van der Waals surface area contributed by atoms with Crippen molar-refractivity contribution >= 4 is 5.96 Å². The standard InChI is InChI=1S/C17H23N3O2/c1-18-17(20-14-9-12-6-7-16(14)21-12)19-10-13-8-11-4-2-3-5-15(11)22-13/h2-5,12-14,16H,6-10H2,1H3,(H2,18,19,20). The molecule has 5 heteroatoms. The number of nitrogens with one attached hydrogen (secondary N) is 2. The number of hydrogen-bond acceptors (Lipinski definition) is 3. The van der Waals surface area contributed by atoms with E-state index in [0.717, 1.165) is 31.1 Å². The molecule has 3 heterocycles. The summed E-state index contributed by atoms with van der Waals surface area (Å²) in [5.74, 6) is 1.86. The van der Waals surface area contributed by atoms with Crippen LogP contribution in [0, 0.1) is 0 Å². The highest BCUT2D eigenvalue weighted by atomic mass is 16.5. The van der Waals surface area contributed by atoms with Crippen molar-refractivity contribution in [3.8, 4) is 5.75 Å². The Morgan fingerprint density at radius 1 is 1.32 bits per heavy atom. The van der Waals surface area contributed by atoms with E-state index >= 15 is 0 Å². The fourth-order valence-electron chi connectivity index (χ4n) is 3.74. The number of guanidine groups is 1. The molecule has 4 rings (SSSR count). The fraction of sp³-hybridized carbons (Fsp3) is 0.588. The van der Waals surface area contributed by atoms with Gasteiger partial charge in [0, 0.05) is 13.5 Å². The third-order valence-corrected chi connectivity index (χ3v) is 4.86. The van der Waals surface area contributed by atoms with Crippen LogP contribution in [0.25, 0.3) is 0 Å². The van der Waals surface area contributed by atoms with E-state index in [0.29, 0.717) is 18.2 Å². The Hall–Kier alpha value is -1.75. The summed E-state index contributed by atoms with van der Waals surface area (Å²) in [5.41, 5.74) is 1.29. The van der Waals surface area contributed by atoms with E-state index in [9.17, 15) is 0 Å². The van der Waals surface area contributed by atoms with Gasteiger partial charge in [-0.3, -0.25) is 4.99 Å². The van der Waals surface area contributed by atoms with Crippen molar-refractivity contribution < 1.29 is 9.47 Å². The van der Waals surface area contributed by atoms with Crippen LogP contribution in [-0.4, -0.2) is 43.9 Å². The van der Waals surface area contributed by atoms with Gasteiger partial charge in [0.15, 0.2) is 5.96 Å². The zero-order chi connectivity index (χ0) is 14.9. The maximum absolute atomic E-state index is 5.95. The van der Waals surface area contributed by atoms with Crippen LogP contribution in [0.1, 0.15) is 24.8 Å². The molecule has 3 aliphatic rings. The summed E-state index contributed by atoms with van der Waals surface area (Å²) in [6.07, 6.45) is 5.41. The average molecular weight is 301 g/mol. The summed E-state index contributed by atoms with van der Waals surface area (Å²) in [6, 6.07) is 8.65. The number of ether oxygens (including phenoxy) is 2. The van der Waals surface area contributed by atoms with Crippen molar-refractivity contribution in [1.82, 2.24) is 10.6 Å². The largest absolute Gasteiger partial charge is 0.488 e. The van der Waals surface area contributed by atoms with Crippen LogP contribution in [0.15, 0.2) is 29.3 Å². The summed E-state index contributed by atoms with van der Waals surface area (Å²) >= 11 is 0. The fourth-order valence-corrected chi connectivity index (χ4v) is 3.74. The van der Waals surface area contributed by atoms with Gasteiger partial charge in [-0.15, -0.1) is 0 Å². The molecule has 0 saturated carbocycles. The lowest BCUT2D eigenvalue weighted by atomic mass is 9.96. The smallest absolute Gasteiger partial charge is 0.191 e. The van der Waals surface area contributed by atoms with Crippen molar-refractivity contribution in [2.75, 3.05) is 13.6 Å². The maximum Gasteiger partial charge on any atom is 0.191 e. The maximum atomic E-state index is 5.95. The van der Waals surface area contributed by atoms with Crippen LogP contribution in [0.3, 0.4) is 0 Å². The van der Waals surface area contributed by atoms with Crippen LogP contribution >= 0.6 is 0 Å². The molecule has 3 aliphatic heterocycles. The molecule has 5 nitrogen and oxygen atoms in total. The third-order valence-electron chi connectivity index (χ3n) is 4.86. The van der Waals surface area contributed by atoms with Gasteiger partial charge in [0.2, 0.25) is 0 Å². The van der Waals surface area contributed by atoms with Gasteiger partial charge >= 0.3 is 0 Å². The Balaban J connectivity index is 1.28. The highest BCUT2D eigenvalue weighted by Gasteiger charge is 2.41. The molecular weight excluding hydrogens is 278 g/mol. The lowest BCUT2D eigenvalue weighted by Crippen LogP contribution is -2.49. The number of rotatable bonds is 3. The summed E-state index contributed by atoms with van der Waals surface area (Å²) in [4.78, 5) is 4.33. The van der Waals surface area contributed by atoms with Gasteiger partial charge in [0.1, 0.15) is 11.9 Å². The highest BCUT2D eigenvalue weighted by molar-refractivity contribution is 5.80. The summed E-state index contributed by atoms with van der Waals surface area (Å²) in [5, 5.41) is 6.89. The Morgan fingerprint density at radius 2 is 2.23 bits per heavy atom. The molecular formula is C17H23N3O2. The first-order chi connectivity index (χ1) is 10.8. The molecule has 4 unspecified atom stereocenters. The minimum Gasteiger partial charge on any atom is -0.488 e. The summed E-state index contributed by atoms with van der Waals surface area (Å²) < 4.78 is 11.8. The lowest BCUT2D eigenvalue weighted by Gasteiger charge is -2.23. The number of nitrogens with zero attached hydrogens (tertiary/aromatic N) is 1. The molecule has 2 N–H and O–H groups in total. The highest BCUT2D eigenvalue weighted by Crippen LogP contribution is 2.34. The van der Waals surface area contributed by atoms with E-state index in [1.807, 2.05) is 19.2 Å². The molecule has 1 aromatic carbocycles. The van der Waals surface area contributed by atoms with Gasteiger partial charge in [0.25, 0.3) is 0 Å². The molecule has 2 fully saturated rings. The summed E-state index contributed by atoms with van der Waals surface area (Å²) in [7, 11) is 1.81. The average Bonchev–Trinajstić information content (AvgIpc) is 3.25. The quantitative estimate of drug-likeness (QED) is 0.656. The Labute approximate surface area is 131 Å². The number of benzene rings is 1. The monoisotopic (exact) mass is 301 g/mol. The molecule has 4 atom stereocenters. The predicted molar refractivity (Wildman–Crippen MR) is 85.4 cm³/mol. The molecule has 0 spiro atoms. The van der Waals surface area contributed by atoms with Crippen molar-refractivity contribution in [3.05, 3.63) is 29.8 Å². The molecule has 0 aromatic heterocycles. The van der Waals surface area contributed by atoms with Crippen LogP contribution in [-0.2, 0) is 11.2 Å². The van der Waals surface area contributed by atoms with E-state index in [-0.39, 0.29) is 6.10 Å². The molecule has 0 aliphatic carbocycles. The van der Waals surface area contributed by atoms with Crippen LogP contribution < -0.4 is 15.4 Å². The van der Waals surface area contributed by atoms with Gasteiger partial charge in [-0.2, -0.15) is 0 Å². The first-order valence-corrected chi connectivity index (χ1v) is 8.19. The molecule has 2 bridgehead atoms. The van der Waals surface area contributed by atoms with Gasteiger partial charge in [-0.1, -0.05) is 18.2 Å². The molecule has 2 saturated heterocycles. The van der Waals surface area contributed by atoms with Gasteiger partial charge < -0.3 is 20.1 Å². The topological polar surface area (TPSA) is 54.9 Å². The van der Waals surface area contributed by atoms with Crippen LogP contribution in [0.4, 0.5) is 0 Å². The van der Waals surface area contributed by atoms with Gasteiger partial charge in [0.05, 0.1) is 24.8 Å². The van der Waals surface area contributed by atoms with Crippen molar-refractivity contribution in [1.29, 1.82) is 0 Å². The van der Waals surface area contributed by atoms with Gasteiger partial charge in [-0.05, 0) is 30.9 Å². The second-order valence-electron chi connectivity index (χ2n) is 6.37. The van der Waals surface area contributed by atoms with E-state index in [1.165, 1.54) is 18.4 Å². The van der Waals surface area contributed by atoms with E-state index in [4.69, 9.17) is 9.47 Å². The normalized spacial score (nSPS) is 32.7. The Morgan fingerprint density at radius 3 is 2.95 bits per heavy atom. The SMILES string of the molecule is CN=C(NCC1Cc2ccccc2O1)NC1CC2CCC1O2. The number of para-hydroxylation sites is 1. The molecule has 0 radical (unpaired) electrons. The van der Waals surface area contributed by atoms with Gasteiger partial charge in [-0.25, -0.2) is 0 Å². The zero-order valence-electron chi connectivity index (χ0n) is 12.9. The Bertz CT molecular complexity index is 550. The second kappa shape index (κ2) is 5.80. The minimum atomic E-state index is 0.173. The number of fused-ring (bicyclic) bond motifs is 3. The van der Waals surface area contributed by atoms with Crippen molar-refractivity contribution in [2.24, 2.45) is 4.99 Å².